The maximum Gasteiger partial charge on any atom is 0.224 e. The molecule has 4 nitrogen and oxygen atoms in total. The summed E-state index contributed by atoms with van der Waals surface area (Å²) in [5.74, 6) is 0.214. The van der Waals surface area contributed by atoms with Gasteiger partial charge in [0.05, 0.1) is 10.9 Å². The lowest BCUT2D eigenvalue weighted by molar-refractivity contribution is -0.126. The van der Waals surface area contributed by atoms with Crippen LogP contribution in [0.3, 0.4) is 0 Å². The Kier molecular flexibility index (Phi) is 5.63. The van der Waals surface area contributed by atoms with Crippen molar-refractivity contribution in [2.24, 2.45) is 11.7 Å². The first-order chi connectivity index (χ1) is 9.20. The molecule has 1 unspecified atom stereocenters. The first-order valence-electron chi connectivity index (χ1n) is 6.62. The lowest BCUT2D eigenvalue weighted by atomic mass is 9.97. The quantitative estimate of drug-likeness (QED) is 0.870. The number of carbonyl (C=O) groups is 1. The standard InChI is InChI=1S/C13H20ClN3OS/c14-11-3-7-19-12(11)9-17-6-1-2-10(8-17)13(18)16-5-4-15/h3,7,10H,1-2,4-6,8-9,15H2,(H,16,18). The average Bonchev–Trinajstić information content (AvgIpc) is 2.82. The van der Waals surface area contributed by atoms with E-state index in [2.05, 4.69) is 10.2 Å². The van der Waals surface area contributed by atoms with Gasteiger partial charge in [-0.25, -0.2) is 0 Å². The number of nitrogens with two attached hydrogens (primary N) is 1. The van der Waals surface area contributed by atoms with Crippen molar-refractivity contribution in [1.82, 2.24) is 10.2 Å². The largest absolute Gasteiger partial charge is 0.355 e. The van der Waals surface area contributed by atoms with E-state index in [1.807, 2.05) is 11.4 Å². The van der Waals surface area contributed by atoms with Crippen LogP contribution < -0.4 is 11.1 Å². The van der Waals surface area contributed by atoms with Gasteiger partial charge < -0.3 is 11.1 Å². The van der Waals surface area contributed by atoms with Gasteiger partial charge in [0.1, 0.15) is 0 Å². The second-order valence-corrected chi connectivity index (χ2v) is 6.25. The van der Waals surface area contributed by atoms with Gasteiger partial charge >= 0.3 is 0 Å². The zero-order valence-corrected chi connectivity index (χ0v) is 12.5. The first kappa shape index (κ1) is 14.8. The Morgan fingerprint density at radius 2 is 2.47 bits per heavy atom. The van der Waals surface area contributed by atoms with Crippen LogP contribution in [0, 0.1) is 5.92 Å². The van der Waals surface area contributed by atoms with Crippen LogP contribution in [0.4, 0.5) is 0 Å². The molecule has 2 heterocycles. The van der Waals surface area contributed by atoms with Gasteiger partial charge in [-0.15, -0.1) is 11.3 Å². The zero-order valence-electron chi connectivity index (χ0n) is 10.9. The van der Waals surface area contributed by atoms with E-state index in [4.69, 9.17) is 17.3 Å². The topological polar surface area (TPSA) is 58.4 Å². The van der Waals surface area contributed by atoms with E-state index in [0.717, 1.165) is 37.5 Å². The number of thiophene rings is 1. The number of rotatable bonds is 5. The van der Waals surface area contributed by atoms with Crippen molar-refractivity contribution in [1.29, 1.82) is 0 Å². The summed E-state index contributed by atoms with van der Waals surface area (Å²) in [4.78, 5) is 15.5. The molecular formula is C13H20ClN3OS. The van der Waals surface area contributed by atoms with Crippen LogP contribution in [0.2, 0.25) is 5.02 Å². The molecule has 1 fully saturated rings. The Bertz CT molecular complexity index is 424. The van der Waals surface area contributed by atoms with Crippen molar-refractivity contribution in [2.45, 2.75) is 19.4 Å². The summed E-state index contributed by atoms with van der Waals surface area (Å²) in [5.41, 5.74) is 5.40. The molecule has 2 rings (SSSR count). The van der Waals surface area contributed by atoms with Crippen LogP contribution in [0.15, 0.2) is 11.4 Å². The van der Waals surface area contributed by atoms with Gasteiger partial charge in [0.2, 0.25) is 5.91 Å². The molecule has 0 saturated carbocycles. The fourth-order valence-electron chi connectivity index (χ4n) is 2.39. The number of nitrogens with zero attached hydrogens (tertiary/aromatic N) is 1. The average molecular weight is 302 g/mol. The van der Waals surface area contributed by atoms with Crippen LogP contribution in [-0.4, -0.2) is 37.0 Å². The summed E-state index contributed by atoms with van der Waals surface area (Å²) in [5, 5.41) is 5.72. The molecule has 1 saturated heterocycles. The summed E-state index contributed by atoms with van der Waals surface area (Å²) >= 11 is 7.79. The molecule has 1 aromatic rings. The Morgan fingerprint density at radius 3 is 3.16 bits per heavy atom. The van der Waals surface area contributed by atoms with Crippen LogP contribution >= 0.6 is 22.9 Å². The summed E-state index contributed by atoms with van der Waals surface area (Å²) in [7, 11) is 0. The number of nitrogens with one attached hydrogen (secondary N) is 1. The molecule has 6 heteroatoms. The zero-order chi connectivity index (χ0) is 13.7. The van der Waals surface area contributed by atoms with E-state index < -0.39 is 0 Å². The van der Waals surface area contributed by atoms with Gasteiger partial charge in [-0.05, 0) is 30.8 Å². The van der Waals surface area contributed by atoms with Gasteiger partial charge in [0.15, 0.2) is 0 Å². The van der Waals surface area contributed by atoms with E-state index in [9.17, 15) is 4.79 Å². The third kappa shape index (κ3) is 4.18. The number of carbonyl (C=O) groups excluding carboxylic acids is 1. The second-order valence-electron chi connectivity index (χ2n) is 4.85. The van der Waals surface area contributed by atoms with Gasteiger partial charge in [-0.3, -0.25) is 9.69 Å². The molecule has 1 aromatic heterocycles. The van der Waals surface area contributed by atoms with Crippen LogP contribution in [0.1, 0.15) is 17.7 Å². The maximum atomic E-state index is 12.0. The number of hydrogen-bond acceptors (Lipinski definition) is 4. The SMILES string of the molecule is NCCNC(=O)C1CCCN(Cc2sccc2Cl)C1. The molecule has 0 spiro atoms. The molecule has 0 radical (unpaired) electrons. The predicted molar refractivity (Wildman–Crippen MR) is 79.4 cm³/mol. The minimum Gasteiger partial charge on any atom is -0.355 e. The van der Waals surface area contributed by atoms with E-state index in [1.165, 1.54) is 4.88 Å². The number of hydrogen-bond donors (Lipinski definition) is 2. The summed E-state index contributed by atoms with van der Waals surface area (Å²) in [6.45, 7) is 3.75. The summed E-state index contributed by atoms with van der Waals surface area (Å²) in [6.07, 6.45) is 2.02. The number of amides is 1. The molecule has 0 bridgehead atoms. The molecule has 3 N–H and O–H groups in total. The molecule has 0 aliphatic carbocycles. The van der Waals surface area contributed by atoms with E-state index in [1.54, 1.807) is 11.3 Å². The lowest BCUT2D eigenvalue weighted by Crippen LogP contribution is -2.43. The third-order valence-corrected chi connectivity index (χ3v) is 4.75. The van der Waals surface area contributed by atoms with Gasteiger partial charge in [0.25, 0.3) is 0 Å². The van der Waals surface area contributed by atoms with Crippen molar-refractivity contribution in [3.8, 4) is 0 Å². The van der Waals surface area contributed by atoms with E-state index >= 15 is 0 Å². The number of piperidine rings is 1. The van der Waals surface area contributed by atoms with Gasteiger partial charge in [0, 0.05) is 31.1 Å². The molecule has 19 heavy (non-hydrogen) atoms. The van der Waals surface area contributed by atoms with Crippen LogP contribution in [0.5, 0.6) is 0 Å². The fourth-order valence-corrected chi connectivity index (χ4v) is 3.53. The smallest absolute Gasteiger partial charge is 0.224 e. The van der Waals surface area contributed by atoms with Crippen LogP contribution in [0.25, 0.3) is 0 Å². The van der Waals surface area contributed by atoms with Crippen LogP contribution in [-0.2, 0) is 11.3 Å². The van der Waals surface area contributed by atoms with Crippen molar-refractivity contribution in [3.63, 3.8) is 0 Å². The van der Waals surface area contributed by atoms with Crippen molar-refractivity contribution in [3.05, 3.63) is 21.3 Å². The van der Waals surface area contributed by atoms with E-state index in [-0.39, 0.29) is 11.8 Å². The highest BCUT2D eigenvalue weighted by atomic mass is 35.5. The minimum atomic E-state index is 0.0824. The molecule has 1 aliphatic rings. The highest BCUT2D eigenvalue weighted by molar-refractivity contribution is 7.10. The monoisotopic (exact) mass is 301 g/mol. The van der Waals surface area contributed by atoms with Crippen molar-refractivity contribution < 1.29 is 4.79 Å². The predicted octanol–water partition coefficient (Wildman–Crippen LogP) is 1.69. The maximum absolute atomic E-state index is 12.0. The fraction of sp³-hybridized carbons (Fsp3) is 0.615. The van der Waals surface area contributed by atoms with Gasteiger partial charge in [-0.1, -0.05) is 11.6 Å². The molecule has 1 amide bonds. The number of likely N-dealkylation sites (tertiary alicyclic amines) is 1. The molecule has 106 valence electrons. The van der Waals surface area contributed by atoms with Crippen molar-refractivity contribution >= 4 is 28.8 Å². The minimum absolute atomic E-state index is 0.0824. The summed E-state index contributed by atoms with van der Waals surface area (Å²) < 4.78 is 0. The molecule has 1 aliphatic heterocycles. The second kappa shape index (κ2) is 7.24. The lowest BCUT2D eigenvalue weighted by Gasteiger charge is -2.31. The highest BCUT2D eigenvalue weighted by Crippen LogP contribution is 2.26. The highest BCUT2D eigenvalue weighted by Gasteiger charge is 2.25. The Morgan fingerprint density at radius 1 is 1.63 bits per heavy atom. The Hall–Kier alpha value is -0.620. The number of halogens is 1. The normalized spacial score (nSPS) is 20.4. The molecule has 0 aromatic carbocycles. The third-order valence-electron chi connectivity index (χ3n) is 3.38. The first-order valence-corrected chi connectivity index (χ1v) is 7.88. The van der Waals surface area contributed by atoms with E-state index in [0.29, 0.717) is 13.1 Å². The Balaban J connectivity index is 1.86. The summed E-state index contributed by atoms with van der Waals surface area (Å²) in [6, 6.07) is 1.93. The molecule has 1 atom stereocenters. The van der Waals surface area contributed by atoms with Gasteiger partial charge in [-0.2, -0.15) is 0 Å². The van der Waals surface area contributed by atoms with Crippen molar-refractivity contribution in [2.75, 3.05) is 26.2 Å². The molecular weight excluding hydrogens is 282 g/mol. The Labute approximate surface area is 122 Å².